The van der Waals surface area contributed by atoms with Gasteiger partial charge >= 0.3 is 0 Å². The molecule has 0 unspecified atom stereocenters. The summed E-state index contributed by atoms with van der Waals surface area (Å²) in [6.45, 7) is 3.40. The summed E-state index contributed by atoms with van der Waals surface area (Å²) in [7, 11) is 0. The predicted molar refractivity (Wildman–Crippen MR) is 80.9 cm³/mol. The SMILES string of the molecule is CC(C)(C(=O)Nc1ccc2ncccc2c1)C(N)=S. The molecule has 0 aliphatic carbocycles. The number of nitrogens with zero attached hydrogens (tertiary/aromatic N) is 1. The van der Waals surface area contributed by atoms with Crippen LogP contribution in [0.2, 0.25) is 0 Å². The van der Waals surface area contributed by atoms with Gasteiger partial charge in [0.15, 0.2) is 0 Å². The van der Waals surface area contributed by atoms with Crippen molar-refractivity contribution in [2.75, 3.05) is 5.32 Å². The molecule has 0 spiro atoms. The van der Waals surface area contributed by atoms with Crippen LogP contribution in [0.25, 0.3) is 10.9 Å². The summed E-state index contributed by atoms with van der Waals surface area (Å²) in [6.07, 6.45) is 1.73. The summed E-state index contributed by atoms with van der Waals surface area (Å²) in [6, 6.07) is 9.33. The molecule has 1 aromatic carbocycles. The Morgan fingerprint density at radius 3 is 2.79 bits per heavy atom. The number of anilines is 1. The minimum Gasteiger partial charge on any atom is -0.392 e. The van der Waals surface area contributed by atoms with E-state index in [0.717, 1.165) is 10.9 Å². The van der Waals surface area contributed by atoms with Gasteiger partial charge in [-0.25, -0.2) is 0 Å². The van der Waals surface area contributed by atoms with Gasteiger partial charge in [-0.3, -0.25) is 9.78 Å². The maximum Gasteiger partial charge on any atom is 0.236 e. The van der Waals surface area contributed by atoms with Crippen molar-refractivity contribution in [3.05, 3.63) is 36.5 Å². The van der Waals surface area contributed by atoms with Crippen molar-refractivity contribution in [2.45, 2.75) is 13.8 Å². The number of amides is 1. The van der Waals surface area contributed by atoms with Crippen molar-refractivity contribution < 1.29 is 4.79 Å². The maximum atomic E-state index is 12.1. The molecular weight excluding hydrogens is 258 g/mol. The van der Waals surface area contributed by atoms with Crippen LogP contribution in [0.15, 0.2) is 36.5 Å². The van der Waals surface area contributed by atoms with E-state index < -0.39 is 5.41 Å². The molecular formula is C14H15N3OS. The molecule has 19 heavy (non-hydrogen) atoms. The second kappa shape index (κ2) is 4.93. The molecule has 98 valence electrons. The monoisotopic (exact) mass is 273 g/mol. The number of hydrogen-bond acceptors (Lipinski definition) is 3. The zero-order valence-corrected chi connectivity index (χ0v) is 11.6. The highest BCUT2D eigenvalue weighted by atomic mass is 32.1. The summed E-state index contributed by atoms with van der Waals surface area (Å²) in [5.41, 5.74) is 6.29. The first-order chi connectivity index (χ1) is 8.91. The molecule has 3 N–H and O–H groups in total. The van der Waals surface area contributed by atoms with E-state index in [0.29, 0.717) is 5.69 Å². The Labute approximate surface area is 117 Å². The molecule has 0 saturated carbocycles. The quantitative estimate of drug-likeness (QED) is 0.843. The summed E-state index contributed by atoms with van der Waals surface area (Å²) >= 11 is 4.91. The van der Waals surface area contributed by atoms with E-state index in [1.54, 1.807) is 20.0 Å². The fourth-order valence-corrected chi connectivity index (χ4v) is 1.65. The number of hydrogen-bond donors (Lipinski definition) is 2. The third kappa shape index (κ3) is 2.71. The third-order valence-electron chi connectivity index (χ3n) is 3.04. The number of carbonyl (C=O) groups excluding carboxylic acids is 1. The van der Waals surface area contributed by atoms with Gasteiger partial charge in [-0.1, -0.05) is 18.3 Å². The molecule has 0 saturated heterocycles. The van der Waals surface area contributed by atoms with Gasteiger partial charge in [0, 0.05) is 17.3 Å². The Bertz CT molecular complexity index is 652. The molecule has 0 radical (unpaired) electrons. The van der Waals surface area contributed by atoms with Crippen molar-refractivity contribution in [1.82, 2.24) is 4.98 Å². The summed E-state index contributed by atoms with van der Waals surface area (Å²) < 4.78 is 0. The molecule has 2 rings (SSSR count). The van der Waals surface area contributed by atoms with Crippen LogP contribution in [0.1, 0.15) is 13.8 Å². The minimum absolute atomic E-state index is 0.174. The second-order valence-electron chi connectivity index (χ2n) is 4.85. The van der Waals surface area contributed by atoms with E-state index in [4.69, 9.17) is 18.0 Å². The van der Waals surface area contributed by atoms with Crippen LogP contribution in [-0.2, 0) is 4.79 Å². The Morgan fingerprint density at radius 2 is 2.11 bits per heavy atom. The largest absolute Gasteiger partial charge is 0.392 e. The van der Waals surface area contributed by atoms with Gasteiger partial charge in [0.1, 0.15) is 0 Å². The van der Waals surface area contributed by atoms with E-state index in [9.17, 15) is 4.79 Å². The third-order valence-corrected chi connectivity index (χ3v) is 3.55. The Morgan fingerprint density at radius 1 is 1.37 bits per heavy atom. The van der Waals surface area contributed by atoms with Gasteiger partial charge in [0.25, 0.3) is 0 Å². The minimum atomic E-state index is -0.876. The Hall–Kier alpha value is -2.01. The fraction of sp³-hybridized carbons (Fsp3) is 0.214. The van der Waals surface area contributed by atoms with Crippen LogP contribution >= 0.6 is 12.2 Å². The highest BCUT2D eigenvalue weighted by molar-refractivity contribution is 7.80. The van der Waals surface area contributed by atoms with Gasteiger partial charge in [-0.2, -0.15) is 0 Å². The van der Waals surface area contributed by atoms with Crippen molar-refractivity contribution >= 4 is 39.7 Å². The highest BCUT2D eigenvalue weighted by Gasteiger charge is 2.30. The zero-order valence-electron chi connectivity index (χ0n) is 10.8. The molecule has 0 fully saturated rings. The molecule has 5 heteroatoms. The van der Waals surface area contributed by atoms with E-state index in [1.807, 2.05) is 30.3 Å². The Balaban J connectivity index is 2.27. The van der Waals surface area contributed by atoms with Crippen LogP contribution < -0.4 is 11.1 Å². The normalized spacial score (nSPS) is 11.3. The van der Waals surface area contributed by atoms with Gasteiger partial charge in [0.05, 0.1) is 15.9 Å². The van der Waals surface area contributed by atoms with Crippen molar-refractivity contribution in [1.29, 1.82) is 0 Å². The molecule has 0 atom stereocenters. The van der Waals surface area contributed by atoms with Crippen LogP contribution in [0.3, 0.4) is 0 Å². The van der Waals surface area contributed by atoms with Crippen LogP contribution in [0.4, 0.5) is 5.69 Å². The van der Waals surface area contributed by atoms with Gasteiger partial charge in [0.2, 0.25) is 5.91 Å². The second-order valence-corrected chi connectivity index (χ2v) is 5.29. The highest BCUT2D eigenvalue weighted by Crippen LogP contribution is 2.21. The smallest absolute Gasteiger partial charge is 0.236 e. The molecule has 4 nitrogen and oxygen atoms in total. The van der Waals surface area contributed by atoms with Crippen LogP contribution in [-0.4, -0.2) is 15.9 Å². The van der Waals surface area contributed by atoms with Gasteiger partial charge in [-0.05, 0) is 38.1 Å². The van der Waals surface area contributed by atoms with Crippen molar-refractivity contribution in [2.24, 2.45) is 11.1 Å². The van der Waals surface area contributed by atoms with Crippen molar-refractivity contribution in [3.8, 4) is 0 Å². The number of nitrogens with one attached hydrogen (secondary N) is 1. The number of pyridine rings is 1. The molecule has 1 heterocycles. The summed E-state index contributed by atoms with van der Waals surface area (Å²) in [5.74, 6) is -0.219. The average molecular weight is 273 g/mol. The first kappa shape index (κ1) is 13.4. The summed E-state index contributed by atoms with van der Waals surface area (Å²) in [5, 5.41) is 3.79. The summed E-state index contributed by atoms with van der Waals surface area (Å²) in [4.78, 5) is 16.5. The average Bonchev–Trinajstić information content (AvgIpc) is 2.38. The van der Waals surface area contributed by atoms with E-state index >= 15 is 0 Å². The predicted octanol–water partition coefficient (Wildman–Crippen LogP) is 2.49. The van der Waals surface area contributed by atoms with Gasteiger partial charge in [-0.15, -0.1) is 0 Å². The lowest BCUT2D eigenvalue weighted by molar-refractivity contribution is -0.121. The molecule has 0 bridgehead atoms. The first-order valence-corrected chi connectivity index (χ1v) is 6.28. The number of benzene rings is 1. The molecule has 1 amide bonds. The van der Waals surface area contributed by atoms with E-state index in [2.05, 4.69) is 10.3 Å². The maximum absolute atomic E-state index is 12.1. The fourth-order valence-electron chi connectivity index (χ4n) is 1.55. The topological polar surface area (TPSA) is 68.0 Å². The van der Waals surface area contributed by atoms with Gasteiger partial charge < -0.3 is 11.1 Å². The van der Waals surface area contributed by atoms with E-state index in [-0.39, 0.29) is 10.9 Å². The van der Waals surface area contributed by atoms with Crippen LogP contribution in [0, 0.1) is 5.41 Å². The molecule has 2 aromatic rings. The number of aromatic nitrogens is 1. The number of thiocarbonyl (C=S) groups is 1. The van der Waals surface area contributed by atoms with Crippen LogP contribution in [0.5, 0.6) is 0 Å². The number of carbonyl (C=O) groups is 1. The molecule has 0 aliphatic rings. The lowest BCUT2D eigenvalue weighted by Gasteiger charge is -2.22. The zero-order chi connectivity index (χ0) is 14.0. The lowest BCUT2D eigenvalue weighted by Crippen LogP contribution is -2.41. The Kier molecular flexibility index (Phi) is 3.48. The molecule has 1 aromatic heterocycles. The standard InChI is InChI=1S/C14H15N3OS/c1-14(2,12(15)19)13(18)17-10-5-6-11-9(8-10)4-3-7-16-11/h3-8H,1-2H3,(H2,15,19)(H,17,18). The lowest BCUT2D eigenvalue weighted by atomic mass is 9.92. The van der Waals surface area contributed by atoms with E-state index in [1.165, 1.54) is 0 Å². The first-order valence-electron chi connectivity index (χ1n) is 5.87. The number of nitrogens with two attached hydrogens (primary N) is 1. The number of fused-ring (bicyclic) bond motifs is 1. The number of rotatable bonds is 3. The van der Waals surface area contributed by atoms with Crippen molar-refractivity contribution in [3.63, 3.8) is 0 Å². The molecule has 0 aliphatic heterocycles.